The molecule has 6 heteroatoms. The predicted molar refractivity (Wildman–Crippen MR) is 102 cm³/mol. The van der Waals surface area contributed by atoms with E-state index in [4.69, 9.17) is 4.98 Å². The van der Waals surface area contributed by atoms with Gasteiger partial charge in [-0.1, -0.05) is 30.3 Å². The van der Waals surface area contributed by atoms with Crippen molar-refractivity contribution in [3.8, 4) is 11.3 Å². The van der Waals surface area contributed by atoms with E-state index >= 15 is 0 Å². The van der Waals surface area contributed by atoms with Crippen LogP contribution in [0.4, 0.5) is 5.82 Å². The lowest BCUT2D eigenvalue weighted by molar-refractivity contribution is 0.778. The molecule has 0 fully saturated rings. The maximum atomic E-state index is 4.72. The molecule has 0 atom stereocenters. The Hall–Kier alpha value is -3.15. The molecular weight excluding hydrogens is 324 g/mol. The number of hydrogen-bond acceptors (Lipinski definition) is 4. The number of H-pyrrole nitrogens is 2. The van der Waals surface area contributed by atoms with Gasteiger partial charge in [0.05, 0.1) is 11.2 Å². The molecule has 1 aliphatic heterocycles. The van der Waals surface area contributed by atoms with Crippen molar-refractivity contribution in [2.24, 2.45) is 0 Å². The summed E-state index contributed by atoms with van der Waals surface area (Å²) in [6.45, 7) is 3.78. The normalized spacial score (nSPS) is 14.4. The van der Waals surface area contributed by atoms with Crippen LogP contribution in [0.5, 0.6) is 0 Å². The lowest BCUT2D eigenvalue weighted by Crippen LogP contribution is -2.27. The van der Waals surface area contributed by atoms with Crippen LogP contribution in [0.3, 0.4) is 0 Å². The molecule has 0 spiro atoms. The molecule has 4 aromatic rings. The lowest BCUT2D eigenvalue weighted by Gasteiger charge is -2.22. The Morgan fingerprint density at radius 2 is 1.85 bits per heavy atom. The molecule has 2 N–H and O–H groups in total. The van der Waals surface area contributed by atoms with Crippen molar-refractivity contribution in [1.29, 1.82) is 0 Å². The maximum Gasteiger partial charge on any atom is 0.156 e. The van der Waals surface area contributed by atoms with Crippen molar-refractivity contribution in [3.05, 3.63) is 59.7 Å². The summed E-state index contributed by atoms with van der Waals surface area (Å²) in [6, 6.07) is 12.4. The van der Waals surface area contributed by atoms with Crippen LogP contribution in [0.15, 0.2) is 42.6 Å². The predicted octanol–water partition coefficient (Wildman–Crippen LogP) is 3.26. The standard InChI is InChI=1S/C20H20N6/c1-13-22-17-7-10-21-19(17)20(23-13)26-11-8-15-16(9-12-26)24-25-18(15)14-5-3-2-4-6-14/h2-7,10,21H,8-9,11-12H2,1H3,(H,24,25). The SMILES string of the molecule is Cc1nc(N2CCc3[nH]nc(-c4ccccc4)c3CC2)c2[nH]ccc2n1. The van der Waals surface area contributed by atoms with Crippen LogP contribution in [-0.2, 0) is 12.8 Å². The smallest absolute Gasteiger partial charge is 0.156 e. The van der Waals surface area contributed by atoms with Gasteiger partial charge in [0.25, 0.3) is 0 Å². The Labute approximate surface area is 151 Å². The molecule has 0 unspecified atom stereocenters. The summed E-state index contributed by atoms with van der Waals surface area (Å²) in [7, 11) is 0. The second-order valence-electron chi connectivity index (χ2n) is 6.71. The highest BCUT2D eigenvalue weighted by molar-refractivity contribution is 5.86. The van der Waals surface area contributed by atoms with Crippen molar-refractivity contribution >= 4 is 16.9 Å². The Bertz CT molecular complexity index is 1060. The van der Waals surface area contributed by atoms with Crippen LogP contribution in [0, 0.1) is 6.92 Å². The maximum absolute atomic E-state index is 4.72. The highest BCUT2D eigenvalue weighted by Crippen LogP contribution is 2.29. The minimum atomic E-state index is 0.807. The molecule has 0 saturated carbocycles. The summed E-state index contributed by atoms with van der Waals surface area (Å²) < 4.78 is 0. The molecule has 0 saturated heterocycles. The second kappa shape index (κ2) is 5.98. The fraction of sp³-hybridized carbons (Fsp3) is 0.250. The van der Waals surface area contributed by atoms with E-state index in [0.717, 1.165) is 54.3 Å². The van der Waals surface area contributed by atoms with Gasteiger partial charge in [0.1, 0.15) is 11.3 Å². The van der Waals surface area contributed by atoms with Gasteiger partial charge >= 0.3 is 0 Å². The molecule has 6 nitrogen and oxygen atoms in total. The van der Waals surface area contributed by atoms with Gasteiger partial charge in [-0.25, -0.2) is 9.97 Å². The Morgan fingerprint density at radius 1 is 1.00 bits per heavy atom. The quantitative estimate of drug-likeness (QED) is 0.585. The van der Waals surface area contributed by atoms with E-state index in [0.29, 0.717) is 0 Å². The number of aromatic nitrogens is 5. The molecule has 1 aromatic carbocycles. The number of benzene rings is 1. The highest BCUT2D eigenvalue weighted by atomic mass is 15.2. The molecule has 1 aliphatic rings. The first-order valence-corrected chi connectivity index (χ1v) is 8.98. The topological polar surface area (TPSA) is 73.5 Å². The van der Waals surface area contributed by atoms with Crippen LogP contribution >= 0.6 is 0 Å². The van der Waals surface area contributed by atoms with Crippen molar-refractivity contribution in [3.63, 3.8) is 0 Å². The first-order chi connectivity index (χ1) is 12.8. The number of nitrogens with one attached hydrogen (secondary N) is 2. The number of hydrogen-bond donors (Lipinski definition) is 2. The number of fused-ring (bicyclic) bond motifs is 2. The fourth-order valence-electron chi connectivity index (χ4n) is 3.80. The fourth-order valence-corrected chi connectivity index (χ4v) is 3.80. The van der Waals surface area contributed by atoms with Gasteiger partial charge in [-0.15, -0.1) is 0 Å². The summed E-state index contributed by atoms with van der Waals surface area (Å²) in [5.74, 6) is 1.80. The van der Waals surface area contributed by atoms with Crippen LogP contribution in [-0.4, -0.2) is 38.2 Å². The third-order valence-electron chi connectivity index (χ3n) is 5.06. The van der Waals surface area contributed by atoms with Gasteiger partial charge in [-0.3, -0.25) is 5.10 Å². The molecular formula is C20H20N6. The van der Waals surface area contributed by atoms with Crippen molar-refractivity contribution < 1.29 is 0 Å². The van der Waals surface area contributed by atoms with Gasteiger partial charge in [0.15, 0.2) is 5.82 Å². The summed E-state index contributed by atoms with van der Waals surface area (Å²) in [4.78, 5) is 14.9. The van der Waals surface area contributed by atoms with E-state index in [1.165, 1.54) is 16.8 Å². The number of rotatable bonds is 2. The molecule has 0 amide bonds. The number of anilines is 1. The van der Waals surface area contributed by atoms with Gasteiger partial charge in [-0.2, -0.15) is 5.10 Å². The molecule has 3 aromatic heterocycles. The molecule has 0 radical (unpaired) electrons. The number of aryl methyl sites for hydroxylation is 1. The first kappa shape index (κ1) is 15.1. The van der Waals surface area contributed by atoms with Gasteiger partial charge in [0, 0.05) is 42.5 Å². The van der Waals surface area contributed by atoms with E-state index in [9.17, 15) is 0 Å². The summed E-state index contributed by atoms with van der Waals surface area (Å²) >= 11 is 0. The van der Waals surface area contributed by atoms with E-state index < -0.39 is 0 Å². The minimum Gasteiger partial charge on any atom is -0.357 e. The summed E-state index contributed by atoms with van der Waals surface area (Å²) in [6.07, 6.45) is 3.81. The van der Waals surface area contributed by atoms with E-state index in [1.807, 2.05) is 25.3 Å². The third-order valence-corrected chi connectivity index (χ3v) is 5.06. The third kappa shape index (κ3) is 2.45. The molecule has 0 aliphatic carbocycles. The van der Waals surface area contributed by atoms with Crippen LogP contribution in [0.25, 0.3) is 22.3 Å². The number of aromatic amines is 2. The average Bonchev–Trinajstić information content (AvgIpc) is 3.24. The van der Waals surface area contributed by atoms with Crippen LogP contribution in [0.1, 0.15) is 17.1 Å². The zero-order valence-corrected chi connectivity index (χ0v) is 14.7. The molecule has 5 rings (SSSR count). The molecule has 4 heterocycles. The van der Waals surface area contributed by atoms with Crippen LogP contribution < -0.4 is 4.90 Å². The van der Waals surface area contributed by atoms with E-state index in [-0.39, 0.29) is 0 Å². The zero-order valence-electron chi connectivity index (χ0n) is 14.7. The monoisotopic (exact) mass is 344 g/mol. The molecule has 26 heavy (non-hydrogen) atoms. The number of nitrogens with zero attached hydrogens (tertiary/aromatic N) is 4. The minimum absolute atomic E-state index is 0.807. The van der Waals surface area contributed by atoms with Crippen molar-refractivity contribution in [2.45, 2.75) is 19.8 Å². The Morgan fingerprint density at radius 3 is 2.73 bits per heavy atom. The van der Waals surface area contributed by atoms with Crippen molar-refractivity contribution in [1.82, 2.24) is 25.1 Å². The zero-order chi connectivity index (χ0) is 17.5. The van der Waals surface area contributed by atoms with E-state index in [1.54, 1.807) is 0 Å². The Balaban J connectivity index is 1.49. The molecule has 0 bridgehead atoms. The summed E-state index contributed by atoms with van der Waals surface area (Å²) in [5, 5.41) is 7.85. The van der Waals surface area contributed by atoms with Gasteiger partial charge < -0.3 is 9.88 Å². The largest absolute Gasteiger partial charge is 0.357 e. The van der Waals surface area contributed by atoms with Crippen LogP contribution in [0.2, 0.25) is 0 Å². The first-order valence-electron chi connectivity index (χ1n) is 8.98. The van der Waals surface area contributed by atoms with Gasteiger partial charge in [0.2, 0.25) is 0 Å². The second-order valence-corrected chi connectivity index (χ2v) is 6.71. The Kier molecular flexibility index (Phi) is 3.48. The van der Waals surface area contributed by atoms with Crippen molar-refractivity contribution in [2.75, 3.05) is 18.0 Å². The lowest BCUT2D eigenvalue weighted by atomic mass is 10.0. The molecule has 130 valence electrons. The summed E-state index contributed by atoms with van der Waals surface area (Å²) in [5.41, 5.74) is 6.80. The van der Waals surface area contributed by atoms with E-state index in [2.05, 4.69) is 49.3 Å². The average molecular weight is 344 g/mol. The van der Waals surface area contributed by atoms with Gasteiger partial charge in [-0.05, 0) is 19.4 Å². The highest BCUT2D eigenvalue weighted by Gasteiger charge is 2.22.